The van der Waals surface area contributed by atoms with Crippen molar-refractivity contribution in [1.29, 1.82) is 0 Å². The molecule has 0 saturated heterocycles. The number of nitrogens with one attached hydrogen (secondary N) is 3. The van der Waals surface area contributed by atoms with Crippen molar-refractivity contribution >= 4 is 50.6 Å². The first-order valence-electron chi connectivity index (χ1n) is 8.70. The van der Waals surface area contributed by atoms with Gasteiger partial charge in [0.25, 0.3) is 15.9 Å². The van der Waals surface area contributed by atoms with Gasteiger partial charge in [-0.25, -0.2) is 17.6 Å². The number of urea groups is 1. The minimum absolute atomic E-state index is 0.00646. The van der Waals surface area contributed by atoms with Gasteiger partial charge in [-0.2, -0.15) is 0 Å². The van der Waals surface area contributed by atoms with E-state index in [1.165, 1.54) is 54.6 Å². The second kappa shape index (κ2) is 9.02. The molecule has 3 aromatic carbocycles. The van der Waals surface area contributed by atoms with Crippen LogP contribution in [0.1, 0.15) is 10.4 Å². The van der Waals surface area contributed by atoms with Gasteiger partial charge in [-0.15, -0.1) is 0 Å². The van der Waals surface area contributed by atoms with Crippen LogP contribution in [0.2, 0.25) is 5.02 Å². The number of benzene rings is 3. The molecular formula is C20H16ClFN4O4S. The number of carbonyl (C=O) groups excluding carboxylic acids is 2. The number of primary amides is 1. The number of carbonyl (C=O) groups is 2. The lowest BCUT2D eigenvalue weighted by atomic mass is 10.2. The molecule has 0 fully saturated rings. The van der Waals surface area contributed by atoms with E-state index in [9.17, 15) is 22.4 Å². The van der Waals surface area contributed by atoms with Crippen LogP contribution in [0.4, 0.5) is 26.2 Å². The average Bonchev–Trinajstić information content (AvgIpc) is 2.70. The van der Waals surface area contributed by atoms with Gasteiger partial charge in [0.15, 0.2) is 0 Å². The lowest BCUT2D eigenvalue weighted by Crippen LogP contribution is -2.19. The maximum absolute atomic E-state index is 14.0. The highest BCUT2D eigenvalue weighted by molar-refractivity contribution is 7.92. The Labute approximate surface area is 182 Å². The van der Waals surface area contributed by atoms with E-state index in [1.807, 2.05) is 0 Å². The molecule has 0 saturated carbocycles. The molecule has 160 valence electrons. The summed E-state index contributed by atoms with van der Waals surface area (Å²) < 4.78 is 41.4. The van der Waals surface area contributed by atoms with Gasteiger partial charge in [-0.1, -0.05) is 23.7 Å². The van der Waals surface area contributed by atoms with Crippen molar-refractivity contribution in [3.63, 3.8) is 0 Å². The third-order valence-electron chi connectivity index (χ3n) is 4.01. The van der Waals surface area contributed by atoms with Gasteiger partial charge in [0, 0.05) is 16.3 Å². The van der Waals surface area contributed by atoms with E-state index in [4.69, 9.17) is 17.3 Å². The Balaban J connectivity index is 1.86. The Morgan fingerprint density at radius 3 is 2.23 bits per heavy atom. The minimum atomic E-state index is -4.27. The van der Waals surface area contributed by atoms with Crippen LogP contribution in [0.25, 0.3) is 0 Å². The molecule has 0 aliphatic rings. The Hall–Kier alpha value is -3.63. The fourth-order valence-corrected chi connectivity index (χ4v) is 3.95. The molecule has 0 unspecified atom stereocenters. The second-order valence-corrected chi connectivity index (χ2v) is 8.33. The van der Waals surface area contributed by atoms with E-state index in [1.54, 1.807) is 0 Å². The summed E-state index contributed by atoms with van der Waals surface area (Å²) in [7, 11) is -4.27. The SMILES string of the molecule is NC(=O)Nc1ccc(C(=O)Nc2cc(Cl)ccc2NS(=O)(=O)c2ccccc2F)cc1. The van der Waals surface area contributed by atoms with E-state index in [-0.39, 0.29) is 22.0 Å². The standard InChI is InChI=1S/C20H16ClFN4O4S/c21-13-7-10-16(26-31(29,30)18-4-2-1-3-15(18)22)17(11-13)25-19(27)12-5-8-14(9-6-12)24-20(23)28/h1-11,26H,(H,25,27)(H3,23,24,28). The van der Waals surface area contributed by atoms with E-state index in [2.05, 4.69) is 15.4 Å². The normalized spacial score (nSPS) is 10.9. The van der Waals surface area contributed by atoms with Crippen molar-refractivity contribution in [3.05, 3.63) is 83.1 Å². The lowest BCUT2D eigenvalue weighted by molar-refractivity contribution is 0.102. The summed E-state index contributed by atoms with van der Waals surface area (Å²) in [5, 5.41) is 5.17. The monoisotopic (exact) mass is 462 g/mol. The van der Waals surface area contributed by atoms with E-state index in [0.717, 1.165) is 12.1 Å². The Bertz CT molecular complexity index is 1250. The van der Waals surface area contributed by atoms with Crippen LogP contribution < -0.4 is 21.1 Å². The molecule has 5 N–H and O–H groups in total. The number of hydrogen-bond donors (Lipinski definition) is 4. The molecule has 3 rings (SSSR count). The molecule has 0 bridgehead atoms. The van der Waals surface area contributed by atoms with Crippen LogP contribution in [0.15, 0.2) is 71.6 Å². The topological polar surface area (TPSA) is 130 Å². The summed E-state index contributed by atoms with van der Waals surface area (Å²) in [6.07, 6.45) is 0. The van der Waals surface area contributed by atoms with E-state index >= 15 is 0 Å². The predicted molar refractivity (Wildman–Crippen MR) is 116 cm³/mol. The molecule has 0 aliphatic heterocycles. The largest absolute Gasteiger partial charge is 0.351 e. The van der Waals surface area contributed by atoms with Crippen molar-refractivity contribution in [2.24, 2.45) is 5.73 Å². The zero-order valence-corrected chi connectivity index (χ0v) is 17.3. The first-order chi connectivity index (χ1) is 14.7. The van der Waals surface area contributed by atoms with Gasteiger partial charge in [-0.3, -0.25) is 9.52 Å². The molecule has 3 aromatic rings. The number of anilines is 3. The van der Waals surface area contributed by atoms with Gasteiger partial charge >= 0.3 is 6.03 Å². The Morgan fingerprint density at radius 1 is 0.903 bits per heavy atom. The third-order valence-corrected chi connectivity index (χ3v) is 5.65. The van der Waals surface area contributed by atoms with Crippen LogP contribution >= 0.6 is 11.6 Å². The van der Waals surface area contributed by atoms with E-state index in [0.29, 0.717) is 5.69 Å². The number of hydrogen-bond acceptors (Lipinski definition) is 4. The molecular weight excluding hydrogens is 447 g/mol. The van der Waals surface area contributed by atoms with Crippen LogP contribution in [0, 0.1) is 5.82 Å². The molecule has 0 heterocycles. The number of rotatable bonds is 6. The molecule has 0 aliphatic carbocycles. The minimum Gasteiger partial charge on any atom is -0.351 e. The molecule has 3 amide bonds. The number of nitrogens with two attached hydrogens (primary N) is 1. The van der Waals surface area contributed by atoms with Gasteiger partial charge in [0.05, 0.1) is 11.4 Å². The van der Waals surface area contributed by atoms with Crippen LogP contribution in [-0.2, 0) is 10.0 Å². The third kappa shape index (κ3) is 5.50. The number of amides is 3. The van der Waals surface area contributed by atoms with Crippen LogP contribution in [0.5, 0.6) is 0 Å². The maximum Gasteiger partial charge on any atom is 0.316 e. The lowest BCUT2D eigenvalue weighted by Gasteiger charge is -2.14. The summed E-state index contributed by atoms with van der Waals surface area (Å²) >= 11 is 5.99. The highest BCUT2D eigenvalue weighted by Gasteiger charge is 2.21. The summed E-state index contributed by atoms with van der Waals surface area (Å²) in [6.45, 7) is 0. The maximum atomic E-state index is 14.0. The summed E-state index contributed by atoms with van der Waals surface area (Å²) in [5.41, 5.74) is 5.71. The van der Waals surface area contributed by atoms with Gasteiger partial charge in [0.1, 0.15) is 10.7 Å². The summed E-state index contributed by atoms with van der Waals surface area (Å²) in [6, 6.07) is 14.1. The van der Waals surface area contributed by atoms with Crippen molar-refractivity contribution in [2.45, 2.75) is 4.90 Å². The van der Waals surface area contributed by atoms with Crippen molar-refractivity contribution in [1.82, 2.24) is 0 Å². The molecule has 11 heteroatoms. The molecule has 0 atom stereocenters. The summed E-state index contributed by atoms with van der Waals surface area (Å²) in [5.74, 6) is -1.49. The fraction of sp³-hybridized carbons (Fsp3) is 0. The van der Waals surface area contributed by atoms with Crippen molar-refractivity contribution in [3.8, 4) is 0 Å². The predicted octanol–water partition coefficient (Wildman–Crippen LogP) is 4.02. The zero-order valence-electron chi connectivity index (χ0n) is 15.7. The smallest absolute Gasteiger partial charge is 0.316 e. The molecule has 0 aromatic heterocycles. The van der Waals surface area contributed by atoms with Crippen LogP contribution in [0.3, 0.4) is 0 Å². The van der Waals surface area contributed by atoms with Crippen molar-refractivity contribution in [2.75, 3.05) is 15.4 Å². The number of halogens is 2. The summed E-state index contributed by atoms with van der Waals surface area (Å²) in [4.78, 5) is 22.9. The van der Waals surface area contributed by atoms with Gasteiger partial charge in [-0.05, 0) is 54.6 Å². The van der Waals surface area contributed by atoms with Gasteiger partial charge in [0.2, 0.25) is 0 Å². The molecule has 0 radical (unpaired) electrons. The fourth-order valence-electron chi connectivity index (χ4n) is 2.61. The highest BCUT2D eigenvalue weighted by atomic mass is 35.5. The number of sulfonamides is 1. The van der Waals surface area contributed by atoms with E-state index < -0.39 is 32.7 Å². The van der Waals surface area contributed by atoms with Crippen molar-refractivity contribution < 1.29 is 22.4 Å². The highest BCUT2D eigenvalue weighted by Crippen LogP contribution is 2.29. The zero-order chi connectivity index (χ0) is 22.6. The van der Waals surface area contributed by atoms with Gasteiger partial charge < -0.3 is 16.4 Å². The van der Waals surface area contributed by atoms with Crippen LogP contribution in [-0.4, -0.2) is 20.4 Å². The average molecular weight is 463 g/mol. The Morgan fingerprint density at radius 2 is 1.58 bits per heavy atom. The molecule has 0 spiro atoms. The first kappa shape index (κ1) is 22.1. The molecule has 8 nitrogen and oxygen atoms in total. The second-order valence-electron chi connectivity index (χ2n) is 6.25. The Kier molecular flexibility index (Phi) is 6.42. The quantitative estimate of drug-likeness (QED) is 0.440. The molecule has 31 heavy (non-hydrogen) atoms. The first-order valence-corrected chi connectivity index (χ1v) is 10.6.